The summed E-state index contributed by atoms with van der Waals surface area (Å²) >= 11 is 0. The third-order valence-electron chi connectivity index (χ3n) is 8.26. The number of pyridine rings is 1. The van der Waals surface area contributed by atoms with Crippen LogP contribution in [0, 0.1) is 23.7 Å². The molecule has 2 bridgehead atoms. The first kappa shape index (κ1) is 20.7. The average Bonchev–Trinajstić information content (AvgIpc) is 3.44. The number of benzene rings is 1. The second kappa shape index (κ2) is 8.45. The summed E-state index contributed by atoms with van der Waals surface area (Å²) in [7, 11) is 0. The molecule has 3 aromatic rings. The molecule has 6 rings (SSSR count). The molecule has 1 saturated heterocycles. The minimum Gasteiger partial charge on any atom is -0.369 e. The predicted molar refractivity (Wildman–Crippen MR) is 132 cm³/mol. The molecule has 2 N–H and O–H groups in total. The van der Waals surface area contributed by atoms with Crippen LogP contribution in [-0.4, -0.2) is 40.7 Å². The highest BCUT2D eigenvalue weighted by atomic mass is 16.1. The Hall–Kier alpha value is -2.93. The molecule has 0 radical (unpaired) electrons. The van der Waals surface area contributed by atoms with E-state index in [1.807, 2.05) is 16.8 Å². The van der Waals surface area contributed by atoms with E-state index in [4.69, 9.17) is 4.98 Å². The lowest BCUT2D eigenvalue weighted by Gasteiger charge is -2.29. The molecule has 2 aliphatic carbocycles. The number of piperazine rings is 1. The number of hydrogen-bond donors (Lipinski definition) is 2. The fourth-order valence-electron chi connectivity index (χ4n) is 6.34. The van der Waals surface area contributed by atoms with E-state index in [1.165, 1.54) is 24.9 Å². The van der Waals surface area contributed by atoms with Crippen molar-refractivity contribution in [3.8, 4) is 0 Å². The first-order chi connectivity index (χ1) is 16.2. The average molecular weight is 445 g/mol. The van der Waals surface area contributed by atoms with E-state index in [-0.39, 0.29) is 5.56 Å². The second-order valence-corrected chi connectivity index (χ2v) is 10.0. The maximum Gasteiger partial charge on any atom is 0.252 e. The molecular weight excluding hydrogens is 412 g/mol. The van der Waals surface area contributed by atoms with Gasteiger partial charge in [-0.2, -0.15) is 4.98 Å². The van der Waals surface area contributed by atoms with Crippen molar-refractivity contribution in [2.75, 3.05) is 36.4 Å². The predicted octanol–water partition coefficient (Wildman–Crippen LogP) is 3.63. The summed E-state index contributed by atoms with van der Waals surface area (Å²) in [5, 5.41) is 7.63. The Balaban J connectivity index is 1.25. The van der Waals surface area contributed by atoms with E-state index in [0.29, 0.717) is 17.8 Å². The van der Waals surface area contributed by atoms with Gasteiger partial charge in [0.15, 0.2) is 0 Å². The third kappa shape index (κ3) is 3.88. The van der Waals surface area contributed by atoms with Crippen LogP contribution in [0.25, 0.3) is 11.0 Å². The Morgan fingerprint density at radius 1 is 1.06 bits per heavy atom. The zero-order chi connectivity index (χ0) is 22.4. The smallest absolute Gasteiger partial charge is 0.252 e. The minimum absolute atomic E-state index is 0.0301. The number of fused-ring (bicyclic) bond motifs is 3. The van der Waals surface area contributed by atoms with Crippen molar-refractivity contribution in [3.05, 3.63) is 52.9 Å². The molecule has 0 spiro atoms. The Kier molecular flexibility index (Phi) is 5.29. The van der Waals surface area contributed by atoms with Crippen LogP contribution in [0.15, 0.2) is 47.4 Å². The summed E-state index contributed by atoms with van der Waals surface area (Å²) in [6, 6.07) is 11.9. The Bertz CT molecular complexity index is 1200. The van der Waals surface area contributed by atoms with Crippen molar-refractivity contribution in [1.82, 2.24) is 19.9 Å². The fourth-order valence-corrected chi connectivity index (χ4v) is 6.34. The number of nitrogens with zero attached hydrogens (tertiary/aromatic N) is 4. The molecule has 4 unspecified atom stereocenters. The van der Waals surface area contributed by atoms with Gasteiger partial charge in [-0.3, -0.25) is 9.36 Å². The van der Waals surface area contributed by atoms with Crippen molar-refractivity contribution in [2.45, 2.75) is 32.7 Å². The quantitative estimate of drug-likeness (QED) is 0.626. The second-order valence-electron chi connectivity index (χ2n) is 10.0. The molecule has 172 valence electrons. The van der Waals surface area contributed by atoms with Gasteiger partial charge in [0.05, 0.1) is 0 Å². The van der Waals surface area contributed by atoms with E-state index < -0.39 is 0 Å². The molecule has 2 aromatic heterocycles. The van der Waals surface area contributed by atoms with Crippen molar-refractivity contribution >= 4 is 28.4 Å². The van der Waals surface area contributed by atoms with Gasteiger partial charge in [-0.15, -0.1) is 0 Å². The van der Waals surface area contributed by atoms with Gasteiger partial charge in [0.1, 0.15) is 5.65 Å². The Labute approximate surface area is 194 Å². The Morgan fingerprint density at radius 2 is 1.85 bits per heavy atom. The number of anilines is 3. The van der Waals surface area contributed by atoms with Crippen LogP contribution in [0.1, 0.15) is 26.2 Å². The zero-order valence-electron chi connectivity index (χ0n) is 19.2. The lowest BCUT2D eigenvalue weighted by Crippen LogP contribution is -2.43. The van der Waals surface area contributed by atoms with E-state index in [0.717, 1.165) is 61.3 Å². The van der Waals surface area contributed by atoms with E-state index >= 15 is 0 Å². The van der Waals surface area contributed by atoms with Gasteiger partial charge in [-0.25, -0.2) is 4.98 Å². The molecule has 7 heteroatoms. The van der Waals surface area contributed by atoms with Crippen molar-refractivity contribution < 1.29 is 0 Å². The first-order valence-electron chi connectivity index (χ1n) is 12.3. The summed E-state index contributed by atoms with van der Waals surface area (Å²) in [4.78, 5) is 24.6. The highest BCUT2D eigenvalue weighted by molar-refractivity contribution is 5.75. The van der Waals surface area contributed by atoms with E-state index in [1.54, 1.807) is 6.07 Å². The zero-order valence-corrected chi connectivity index (χ0v) is 19.2. The minimum atomic E-state index is 0.0301. The summed E-state index contributed by atoms with van der Waals surface area (Å²) in [5.41, 5.74) is 2.94. The lowest BCUT2D eigenvalue weighted by atomic mass is 9.80. The molecule has 7 nitrogen and oxygen atoms in total. The normalized spacial score (nSPS) is 26.8. The van der Waals surface area contributed by atoms with Crippen LogP contribution in [0.4, 0.5) is 17.3 Å². The SMILES string of the molecule is CC1C2CCC(C2)C1Cn1c(=O)ccc2cnc(Nc3ccc(N4CCNCC4)cc3)nc21. The molecule has 0 amide bonds. The first-order valence-corrected chi connectivity index (χ1v) is 12.3. The number of rotatable bonds is 5. The number of aromatic nitrogens is 3. The van der Waals surface area contributed by atoms with Crippen molar-refractivity contribution in [3.63, 3.8) is 0 Å². The lowest BCUT2D eigenvalue weighted by molar-refractivity contribution is 0.213. The van der Waals surface area contributed by atoms with Crippen molar-refractivity contribution in [2.24, 2.45) is 23.7 Å². The van der Waals surface area contributed by atoms with Crippen LogP contribution in [0.2, 0.25) is 0 Å². The van der Waals surface area contributed by atoms with E-state index in [9.17, 15) is 4.79 Å². The molecule has 4 atom stereocenters. The molecule has 33 heavy (non-hydrogen) atoms. The Morgan fingerprint density at radius 3 is 2.61 bits per heavy atom. The summed E-state index contributed by atoms with van der Waals surface area (Å²) in [6.07, 6.45) is 5.82. The molecular formula is C26H32N6O. The van der Waals surface area contributed by atoms with Crippen LogP contribution < -0.4 is 21.1 Å². The largest absolute Gasteiger partial charge is 0.369 e. The van der Waals surface area contributed by atoms with Gasteiger partial charge in [-0.05, 0) is 73.3 Å². The molecule has 1 aliphatic heterocycles. The molecule has 1 aromatic carbocycles. The van der Waals surface area contributed by atoms with Gasteiger partial charge in [0.25, 0.3) is 5.56 Å². The molecule has 3 heterocycles. The molecule has 3 aliphatic rings. The third-order valence-corrected chi connectivity index (χ3v) is 8.26. The van der Waals surface area contributed by atoms with E-state index in [2.05, 4.69) is 51.7 Å². The maximum atomic E-state index is 12.9. The highest BCUT2D eigenvalue weighted by Gasteiger charge is 2.45. The number of hydrogen-bond acceptors (Lipinski definition) is 6. The van der Waals surface area contributed by atoms with Crippen LogP contribution >= 0.6 is 0 Å². The topological polar surface area (TPSA) is 75.1 Å². The summed E-state index contributed by atoms with van der Waals surface area (Å²) in [5.74, 6) is 3.36. The van der Waals surface area contributed by atoms with Gasteiger partial charge < -0.3 is 15.5 Å². The molecule has 2 saturated carbocycles. The number of nitrogens with one attached hydrogen (secondary N) is 2. The highest BCUT2D eigenvalue weighted by Crippen LogP contribution is 2.52. The van der Waals surface area contributed by atoms with Gasteiger partial charge in [-0.1, -0.05) is 6.92 Å². The summed E-state index contributed by atoms with van der Waals surface area (Å²) in [6.45, 7) is 7.23. The standard InChI is InChI=1S/C26H32N6O/c1-17-18-2-3-19(14-18)23(17)16-32-24(33)9-4-20-15-28-26(30-25(20)32)29-21-5-7-22(8-6-21)31-12-10-27-11-13-31/h4-9,15,17-19,23,27H,2-3,10-14,16H2,1H3,(H,28,29,30). The summed E-state index contributed by atoms with van der Waals surface area (Å²) < 4.78 is 1.89. The van der Waals surface area contributed by atoms with Crippen LogP contribution in [0.5, 0.6) is 0 Å². The van der Waals surface area contributed by atoms with Crippen LogP contribution in [-0.2, 0) is 6.54 Å². The van der Waals surface area contributed by atoms with Crippen LogP contribution in [0.3, 0.4) is 0 Å². The fraction of sp³-hybridized carbons (Fsp3) is 0.500. The maximum absolute atomic E-state index is 12.9. The molecule has 3 fully saturated rings. The van der Waals surface area contributed by atoms with Crippen molar-refractivity contribution in [1.29, 1.82) is 0 Å². The van der Waals surface area contributed by atoms with Gasteiger partial charge in [0.2, 0.25) is 5.95 Å². The van der Waals surface area contributed by atoms with Gasteiger partial charge in [0, 0.05) is 61.7 Å². The monoisotopic (exact) mass is 444 g/mol. The van der Waals surface area contributed by atoms with Gasteiger partial charge >= 0.3 is 0 Å².